The van der Waals surface area contributed by atoms with Crippen LogP contribution in [0.3, 0.4) is 0 Å². The lowest BCUT2D eigenvalue weighted by atomic mass is 9.96. The van der Waals surface area contributed by atoms with E-state index in [0.29, 0.717) is 19.4 Å². The second-order valence-electron chi connectivity index (χ2n) is 8.45. The highest BCUT2D eigenvalue weighted by Crippen LogP contribution is 2.16. The van der Waals surface area contributed by atoms with Gasteiger partial charge in [-0.3, -0.25) is 19.5 Å². The number of hydrogen-bond acceptors (Lipinski definition) is 5. The third-order valence-corrected chi connectivity index (χ3v) is 6.09. The number of aromatic nitrogens is 1. The number of carbonyl (C=O) groups is 2. The van der Waals surface area contributed by atoms with Crippen LogP contribution in [0.5, 0.6) is 0 Å². The van der Waals surface area contributed by atoms with Crippen molar-refractivity contribution in [3.05, 3.63) is 30.1 Å². The molecule has 7 nitrogen and oxygen atoms in total. The summed E-state index contributed by atoms with van der Waals surface area (Å²) in [6.45, 7) is 5.09. The molecule has 2 aliphatic heterocycles. The van der Waals surface area contributed by atoms with E-state index in [-0.39, 0.29) is 23.8 Å². The van der Waals surface area contributed by atoms with Crippen molar-refractivity contribution in [1.29, 1.82) is 0 Å². The normalized spacial score (nSPS) is 23.8. The average Bonchev–Trinajstić information content (AvgIpc) is 2.76. The van der Waals surface area contributed by atoms with E-state index in [1.807, 2.05) is 12.1 Å². The minimum atomic E-state index is -0.0316. The molecule has 0 aromatic carbocycles. The topological polar surface area (TPSA) is 77.6 Å². The van der Waals surface area contributed by atoms with Crippen LogP contribution in [-0.4, -0.2) is 72.4 Å². The Hall–Kier alpha value is -1.99. The van der Waals surface area contributed by atoms with Gasteiger partial charge in [-0.25, -0.2) is 0 Å². The Morgan fingerprint density at radius 1 is 1.14 bits per heavy atom. The zero-order valence-corrected chi connectivity index (χ0v) is 17.6. The molecule has 0 saturated carbocycles. The lowest BCUT2D eigenvalue weighted by Gasteiger charge is -2.30. The summed E-state index contributed by atoms with van der Waals surface area (Å²) < 4.78 is 0. The molecule has 0 spiro atoms. The number of nitrogens with zero attached hydrogens (tertiary/aromatic N) is 3. The average molecular weight is 402 g/mol. The van der Waals surface area contributed by atoms with Crippen molar-refractivity contribution >= 4 is 11.8 Å². The molecule has 0 radical (unpaired) electrons. The second-order valence-corrected chi connectivity index (χ2v) is 8.45. The molecule has 1 aromatic heterocycles. The Morgan fingerprint density at radius 3 is 2.66 bits per heavy atom. The number of nitrogens with one attached hydrogen (secondary N) is 2. The van der Waals surface area contributed by atoms with Crippen molar-refractivity contribution in [1.82, 2.24) is 25.4 Å². The minimum Gasteiger partial charge on any atom is -0.356 e. The van der Waals surface area contributed by atoms with E-state index in [0.717, 1.165) is 58.4 Å². The van der Waals surface area contributed by atoms with Crippen molar-refractivity contribution in [2.75, 3.05) is 39.8 Å². The fourth-order valence-electron chi connectivity index (χ4n) is 4.19. The highest BCUT2D eigenvalue weighted by atomic mass is 16.2. The molecule has 2 amide bonds. The number of rotatable bonds is 4. The molecule has 3 rings (SSSR count). The van der Waals surface area contributed by atoms with Crippen molar-refractivity contribution < 1.29 is 9.59 Å². The standard InChI is InChI=1S/C22H35N5O2/c1-26-14-7-20(8-15-26)25-22(29)19-3-2-13-27(16-9-21(28)24-12-6-19)17-18-4-10-23-11-5-18/h4-5,10-11,19-20H,2-3,6-9,12-17H2,1H3,(H,24,28)(H,25,29). The quantitative estimate of drug-likeness (QED) is 0.798. The Kier molecular flexibility index (Phi) is 8.43. The van der Waals surface area contributed by atoms with Crippen LogP contribution in [0, 0.1) is 5.92 Å². The van der Waals surface area contributed by atoms with E-state index in [2.05, 4.69) is 32.5 Å². The Balaban J connectivity index is 1.54. The lowest BCUT2D eigenvalue weighted by Crippen LogP contribution is -2.45. The van der Waals surface area contributed by atoms with E-state index < -0.39 is 0 Å². The van der Waals surface area contributed by atoms with Gasteiger partial charge in [-0.05, 0) is 76.5 Å². The van der Waals surface area contributed by atoms with Crippen LogP contribution < -0.4 is 10.6 Å². The third kappa shape index (κ3) is 7.40. The van der Waals surface area contributed by atoms with Crippen molar-refractivity contribution in [2.45, 2.75) is 51.1 Å². The van der Waals surface area contributed by atoms with Crippen LogP contribution in [0.1, 0.15) is 44.1 Å². The maximum absolute atomic E-state index is 12.9. The molecule has 1 unspecified atom stereocenters. The first-order chi connectivity index (χ1) is 14.1. The van der Waals surface area contributed by atoms with Gasteiger partial charge < -0.3 is 15.5 Å². The maximum Gasteiger partial charge on any atom is 0.223 e. The van der Waals surface area contributed by atoms with Gasteiger partial charge in [-0.1, -0.05) is 0 Å². The molecular formula is C22H35N5O2. The van der Waals surface area contributed by atoms with E-state index in [4.69, 9.17) is 0 Å². The number of piperidine rings is 1. The van der Waals surface area contributed by atoms with Gasteiger partial charge in [0.15, 0.2) is 0 Å². The molecule has 7 heteroatoms. The van der Waals surface area contributed by atoms with E-state index in [1.165, 1.54) is 5.56 Å². The summed E-state index contributed by atoms with van der Waals surface area (Å²) >= 11 is 0. The highest BCUT2D eigenvalue weighted by molar-refractivity contribution is 5.79. The summed E-state index contributed by atoms with van der Waals surface area (Å²) in [5, 5.41) is 6.27. The lowest BCUT2D eigenvalue weighted by molar-refractivity contribution is -0.127. The van der Waals surface area contributed by atoms with Gasteiger partial charge in [-0.15, -0.1) is 0 Å². The van der Waals surface area contributed by atoms with E-state index >= 15 is 0 Å². The predicted molar refractivity (Wildman–Crippen MR) is 113 cm³/mol. The first-order valence-corrected chi connectivity index (χ1v) is 11.0. The number of likely N-dealkylation sites (tertiary alicyclic amines) is 1. The zero-order chi connectivity index (χ0) is 20.5. The van der Waals surface area contributed by atoms with Crippen molar-refractivity contribution in [3.63, 3.8) is 0 Å². The molecule has 2 fully saturated rings. The van der Waals surface area contributed by atoms with Gasteiger partial charge in [0.2, 0.25) is 11.8 Å². The molecule has 29 heavy (non-hydrogen) atoms. The maximum atomic E-state index is 12.9. The molecule has 2 N–H and O–H groups in total. The third-order valence-electron chi connectivity index (χ3n) is 6.09. The molecule has 2 aliphatic rings. The fourth-order valence-corrected chi connectivity index (χ4v) is 4.19. The summed E-state index contributed by atoms with van der Waals surface area (Å²) in [7, 11) is 2.13. The molecule has 0 bridgehead atoms. The smallest absolute Gasteiger partial charge is 0.223 e. The van der Waals surface area contributed by atoms with Crippen molar-refractivity contribution in [3.8, 4) is 0 Å². The minimum absolute atomic E-state index is 0.0316. The molecule has 1 atom stereocenters. The van der Waals surface area contributed by atoms with Gasteiger partial charge in [0, 0.05) is 50.4 Å². The molecule has 1 aromatic rings. The Morgan fingerprint density at radius 2 is 1.90 bits per heavy atom. The van der Waals surface area contributed by atoms with Crippen LogP contribution in [0.4, 0.5) is 0 Å². The monoisotopic (exact) mass is 401 g/mol. The number of amides is 2. The fraction of sp³-hybridized carbons (Fsp3) is 0.682. The number of pyridine rings is 1. The van der Waals surface area contributed by atoms with Gasteiger partial charge in [0.25, 0.3) is 0 Å². The van der Waals surface area contributed by atoms with Crippen LogP contribution >= 0.6 is 0 Å². The van der Waals surface area contributed by atoms with Gasteiger partial charge in [0.1, 0.15) is 0 Å². The summed E-state index contributed by atoms with van der Waals surface area (Å²) in [5.74, 6) is 0.200. The largest absolute Gasteiger partial charge is 0.356 e. The molecular weight excluding hydrogens is 366 g/mol. The van der Waals surface area contributed by atoms with E-state index in [9.17, 15) is 9.59 Å². The summed E-state index contributed by atoms with van der Waals surface area (Å²) in [5.41, 5.74) is 1.20. The molecule has 2 saturated heterocycles. The Bertz CT molecular complexity index is 646. The SMILES string of the molecule is CN1CCC(NC(=O)C2CCCN(Cc3ccncc3)CCC(=O)NCC2)CC1. The van der Waals surface area contributed by atoms with Crippen LogP contribution in [0.15, 0.2) is 24.5 Å². The van der Waals surface area contributed by atoms with Crippen molar-refractivity contribution in [2.24, 2.45) is 5.92 Å². The van der Waals surface area contributed by atoms with Gasteiger partial charge in [0.05, 0.1) is 0 Å². The molecule has 0 aliphatic carbocycles. The number of carbonyl (C=O) groups excluding carboxylic acids is 2. The zero-order valence-electron chi connectivity index (χ0n) is 17.6. The van der Waals surface area contributed by atoms with Gasteiger partial charge >= 0.3 is 0 Å². The Labute approximate surface area is 174 Å². The molecule has 3 heterocycles. The van der Waals surface area contributed by atoms with Crippen LogP contribution in [0.25, 0.3) is 0 Å². The highest BCUT2D eigenvalue weighted by Gasteiger charge is 2.24. The van der Waals surface area contributed by atoms with Crippen LogP contribution in [0.2, 0.25) is 0 Å². The molecule has 160 valence electrons. The summed E-state index contributed by atoms with van der Waals surface area (Å²) in [6, 6.07) is 4.32. The van der Waals surface area contributed by atoms with Gasteiger partial charge in [-0.2, -0.15) is 0 Å². The predicted octanol–water partition coefficient (Wildman–Crippen LogP) is 1.40. The first kappa shape index (κ1) is 21.7. The number of hydrogen-bond donors (Lipinski definition) is 2. The van der Waals surface area contributed by atoms with Crippen LogP contribution in [-0.2, 0) is 16.1 Å². The summed E-state index contributed by atoms with van der Waals surface area (Å²) in [6.07, 6.45) is 8.68. The van der Waals surface area contributed by atoms with E-state index in [1.54, 1.807) is 12.4 Å². The summed E-state index contributed by atoms with van der Waals surface area (Å²) in [4.78, 5) is 33.8. The first-order valence-electron chi connectivity index (χ1n) is 11.0. The second kappa shape index (κ2) is 11.3.